The highest BCUT2D eigenvalue weighted by molar-refractivity contribution is 5.76. The summed E-state index contributed by atoms with van der Waals surface area (Å²) in [4.78, 5) is 14.5. The summed E-state index contributed by atoms with van der Waals surface area (Å²) in [6.45, 7) is 7.74. The summed E-state index contributed by atoms with van der Waals surface area (Å²) in [5.74, 6) is -1.45. The molecule has 0 aliphatic carbocycles. The SMILES string of the molecule is C=CCN(CC=C)C(=O)n1ncc(-c2cc(F)cc(F)c2)n1. The number of hydrogen-bond acceptors (Lipinski definition) is 3. The van der Waals surface area contributed by atoms with Gasteiger partial charge in [0.05, 0.1) is 6.20 Å². The van der Waals surface area contributed by atoms with E-state index in [1.807, 2.05) is 0 Å². The molecule has 0 N–H and O–H groups in total. The van der Waals surface area contributed by atoms with Gasteiger partial charge in [0.25, 0.3) is 0 Å². The Bertz CT molecular complexity index is 681. The topological polar surface area (TPSA) is 51.0 Å². The van der Waals surface area contributed by atoms with Crippen LogP contribution in [0.5, 0.6) is 0 Å². The van der Waals surface area contributed by atoms with Crippen LogP contribution >= 0.6 is 0 Å². The summed E-state index contributed by atoms with van der Waals surface area (Å²) in [7, 11) is 0. The predicted octanol–water partition coefficient (Wildman–Crippen LogP) is 2.87. The third-order valence-corrected chi connectivity index (χ3v) is 2.79. The molecule has 2 aromatic rings. The Morgan fingerprint density at radius 3 is 2.32 bits per heavy atom. The number of nitrogens with zero attached hydrogens (tertiary/aromatic N) is 4. The Kier molecular flexibility index (Phi) is 4.77. The minimum atomic E-state index is -0.726. The summed E-state index contributed by atoms with van der Waals surface area (Å²) >= 11 is 0. The van der Waals surface area contributed by atoms with Crippen LogP contribution in [-0.4, -0.2) is 39.0 Å². The number of carbonyl (C=O) groups excluding carboxylic acids is 1. The zero-order valence-corrected chi connectivity index (χ0v) is 11.7. The molecule has 1 heterocycles. The number of hydrogen-bond donors (Lipinski definition) is 0. The molecular formula is C15H14F2N4O. The maximum Gasteiger partial charge on any atom is 0.362 e. The Morgan fingerprint density at radius 1 is 1.18 bits per heavy atom. The Hall–Kier alpha value is -2.83. The first kappa shape index (κ1) is 15.6. The average Bonchev–Trinajstić information content (AvgIpc) is 2.95. The van der Waals surface area contributed by atoms with Crippen LogP contribution in [0, 0.1) is 11.6 Å². The molecule has 5 nitrogen and oxygen atoms in total. The fourth-order valence-corrected chi connectivity index (χ4v) is 1.86. The van der Waals surface area contributed by atoms with Gasteiger partial charge in [-0.15, -0.1) is 18.3 Å². The van der Waals surface area contributed by atoms with Gasteiger partial charge in [-0.2, -0.15) is 5.10 Å². The molecule has 0 bridgehead atoms. The van der Waals surface area contributed by atoms with Crippen molar-refractivity contribution in [2.24, 2.45) is 0 Å². The van der Waals surface area contributed by atoms with Crippen LogP contribution in [0.2, 0.25) is 0 Å². The average molecular weight is 304 g/mol. The second-order valence-corrected chi connectivity index (χ2v) is 4.44. The molecule has 0 unspecified atom stereocenters. The normalized spacial score (nSPS) is 10.3. The lowest BCUT2D eigenvalue weighted by molar-refractivity contribution is 0.202. The summed E-state index contributed by atoms with van der Waals surface area (Å²) in [6.07, 6.45) is 4.40. The lowest BCUT2D eigenvalue weighted by atomic mass is 10.1. The molecule has 0 saturated heterocycles. The quantitative estimate of drug-likeness (QED) is 0.798. The minimum absolute atomic E-state index is 0.198. The van der Waals surface area contributed by atoms with Gasteiger partial charge in [-0.1, -0.05) is 16.9 Å². The van der Waals surface area contributed by atoms with Gasteiger partial charge >= 0.3 is 6.03 Å². The van der Waals surface area contributed by atoms with Crippen molar-refractivity contribution in [3.63, 3.8) is 0 Å². The van der Waals surface area contributed by atoms with Crippen LogP contribution in [0.3, 0.4) is 0 Å². The van der Waals surface area contributed by atoms with Gasteiger partial charge in [0.15, 0.2) is 0 Å². The maximum atomic E-state index is 13.2. The van der Waals surface area contributed by atoms with E-state index in [0.29, 0.717) is 13.1 Å². The molecule has 0 aliphatic heterocycles. The third-order valence-electron chi connectivity index (χ3n) is 2.79. The monoisotopic (exact) mass is 304 g/mol. The number of carbonyl (C=O) groups is 1. The van der Waals surface area contributed by atoms with Gasteiger partial charge in [0, 0.05) is 24.7 Å². The van der Waals surface area contributed by atoms with Crippen LogP contribution in [0.15, 0.2) is 49.7 Å². The molecule has 2 rings (SSSR count). The molecule has 1 aromatic heterocycles. The van der Waals surface area contributed by atoms with E-state index in [9.17, 15) is 13.6 Å². The van der Waals surface area contributed by atoms with E-state index in [-0.39, 0.29) is 11.3 Å². The summed E-state index contributed by atoms with van der Waals surface area (Å²) in [5, 5.41) is 7.80. The van der Waals surface area contributed by atoms with Crippen molar-refractivity contribution in [3.8, 4) is 11.3 Å². The number of rotatable bonds is 5. The van der Waals surface area contributed by atoms with Crippen LogP contribution < -0.4 is 0 Å². The molecular weight excluding hydrogens is 290 g/mol. The molecule has 0 fully saturated rings. The molecule has 0 spiro atoms. The van der Waals surface area contributed by atoms with E-state index in [1.165, 1.54) is 11.1 Å². The molecule has 114 valence electrons. The summed E-state index contributed by atoms with van der Waals surface area (Å²) in [6, 6.07) is 2.51. The van der Waals surface area contributed by atoms with Gasteiger partial charge in [-0.25, -0.2) is 13.6 Å². The number of amides is 1. The molecule has 0 atom stereocenters. The van der Waals surface area contributed by atoms with E-state index in [4.69, 9.17) is 0 Å². The van der Waals surface area contributed by atoms with Gasteiger partial charge < -0.3 is 4.90 Å². The molecule has 22 heavy (non-hydrogen) atoms. The second-order valence-electron chi connectivity index (χ2n) is 4.44. The molecule has 0 saturated carbocycles. The highest BCUT2D eigenvalue weighted by atomic mass is 19.1. The Balaban J connectivity index is 2.28. The molecule has 0 aliphatic rings. The summed E-state index contributed by atoms with van der Waals surface area (Å²) < 4.78 is 26.4. The van der Waals surface area contributed by atoms with Crippen LogP contribution in [-0.2, 0) is 0 Å². The van der Waals surface area contributed by atoms with Crippen molar-refractivity contribution in [1.29, 1.82) is 0 Å². The van der Waals surface area contributed by atoms with Crippen molar-refractivity contribution in [2.75, 3.05) is 13.1 Å². The summed E-state index contributed by atoms with van der Waals surface area (Å²) in [5.41, 5.74) is 0.402. The largest absolute Gasteiger partial charge is 0.362 e. The number of benzene rings is 1. The smallest absolute Gasteiger partial charge is 0.314 e. The van der Waals surface area contributed by atoms with Crippen molar-refractivity contribution in [3.05, 3.63) is 61.3 Å². The predicted molar refractivity (Wildman–Crippen MR) is 78.1 cm³/mol. The van der Waals surface area contributed by atoms with Gasteiger partial charge in [0.2, 0.25) is 0 Å². The van der Waals surface area contributed by atoms with E-state index in [1.54, 1.807) is 12.2 Å². The lowest BCUT2D eigenvalue weighted by Crippen LogP contribution is -2.36. The van der Waals surface area contributed by atoms with E-state index >= 15 is 0 Å². The highest BCUT2D eigenvalue weighted by Gasteiger charge is 2.16. The first-order valence-corrected chi connectivity index (χ1v) is 6.45. The zero-order valence-electron chi connectivity index (χ0n) is 11.7. The fraction of sp³-hybridized carbons (Fsp3) is 0.133. The first-order chi connectivity index (χ1) is 10.5. The van der Waals surface area contributed by atoms with Crippen molar-refractivity contribution in [2.45, 2.75) is 0 Å². The van der Waals surface area contributed by atoms with Crippen LogP contribution in [0.4, 0.5) is 13.6 Å². The molecule has 0 radical (unpaired) electrons. The first-order valence-electron chi connectivity index (χ1n) is 6.45. The van der Waals surface area contributed by atoms with Crippen molar-refractivity contribution < 1.29 is 13.6 Å². The van der Waals surface area contributed by atoms with E-state index in [2.05, 4.69) is 23.4 Å². The third kappa shape index (κ3) is 3.43. The fourth-order valence-electron chi connectivity index (χ4n) is 1.86. The second kappa shape index (κ2) is 6.75. The Morgan fingerprint density at radius 2 is 1.77 bits per heavy atom. The van der Waals surface area contributed by atoms with E-state index in [0.717, 1.165) is 23.0 Å². The van der Waals surface area contributed by atoms with Gasteiger partial charge in [-0.3, -0.25) is 0 Å². The zero-order chi connectivity index (χ0) is 16.1. The molecule has 7 heteroatoms. The number of halogens is 2. The minimum Gasteiger partial charge on any atom is -0.314 e. The van der Waals surface area contributed by atoms with Crippen LogP contribution in [0.25, 0.3) is 11.3 Å². The van der Waals surface area contributed by atoms with Crippen molar-refractivity contribution in [1.82, 2.24) is 19.9 Å². The standard InChI is InChI=1S/C15H14F2N4O/c1-3-5-20(6-4-2)15(22)21-18-10-14(19-21)11-7-12(16)9-13(17)8-11/h3-4,7-10H,1-2,5-6H2. The maximum absolute atomic E-state index is 13.2. The molecule has 1 amide bonds. The van der Waals surface area contributed by atoms with Gasteiger partial charge in [0.1, 0.15) is 17.3 Å². The van der Waals surface area contributed by atoms with Crippen molar-refractivity contribution >= 4 is 6.03 Å². The Labute approximate surface area is 126 Å². The van der Waals surface area contributed by atoms with Crippen LogP contribution in [0.1, 0.15) is 0 Å². The van der Waals surface area contributed by atoms with Gasteiger partial charge in [-0.05, 0) is 12.1 Å². The van der Waals surface area contributed by atoms with E-state index < -0.39 is 17.7 Å². The highest BCUT2D eigenvalue weighted by Crippen LogP contribution is 2.18. The molecule has 1 aromatic carbocycles. The lowest BCUT2D eigenvalue weighted by Gasteiger charge is -2.17. The number of aromatic nitrogens is 3.